The van der Waals surface area contributed by atoms with E-state index < -0.39 is 4.11 Å². The van der Waals surface area contributed by atoms with Crippen LogP contribution in [0.1, 0.15) is 5.69 Å². The summed E-state index contributed by atoms with van der Waals surface area (Å²) in [5.74, 6) is 0. The van der Waals surface area contributed by atoms with E-state index in [0.29, 0.717) is 0 Å². The Labute approximate surface area is 105 Å². The highest BCUT2D eigenvalue weighted by molar-refractivity contribution is 14.1. The summed E-state index contributed by atoms with van der Waals surface area (Å²) >= 11 is 4.04. The number of hydrogen-bond acceptors (Lipinski definition) is 3. The van der Waals surface area contributed by atoms with Gasteiger partial charge in [-0.25, -0.2) is 0 Å². The van der Waals surface area contributed by atoms with Crippen molar-refractivity contribution in [3.05, 3.63) is 30.1 Å². The summed E-state index contributed by atoms with van der Waals surface area (Å²) in [6.45, 7) is 0. The number of rotatable bonds is 4. The smallest absolute Gasteiger partial charge is 0.121 e. The topological polar surface area (TPSA) is 45.2 Å². The minimum Gasteiger partial charge on any atom is -0.381 e. The van der Waals surface area contributed by atoms with Gasteiger partial charge in [0.15, 0.2) is 0 Å². The highest BCUT2D eigenvalue weighted by Crippen LogP contribution is 2.09. The molecule has 13 heavy (non-hydrogen) atoms. The molecule has 1 aromatic heterocycles. The Morgan fingerprint density at radius 3 is 2.77 bits per heavy atom. The first-order valence-corrected chi connectivity index (χ1v) is 6.14. The fraction of sp³-hybridized carbons (Fsp3) is 0.375. The Balaban J connectivity index is 2.57. The van der Waals surface area contributed by atoms with Crippen molar-refractivity contribution in [3.8, 4) is 0 Å². The van der Waals surface area contributed by atoms with Crippen LogP contribution in [0.15, 0.2) is 24.4 Å². The van der Waals surface area contributed by atoms with Gasteiger partial charge in [-0.2, -0.15) is 0 Å². The lowest BCUT2D eigenvalue weighted by atomic mass is 10.2. The number of aliphatic hydroxyl groups excluding tert-OH is 1. The number of nitrogens with zero attached hydrogens (tertiary/aromatic N) is 1. The maximum atomic E-state index is 9.37. The van der Waals surface area contributed by atoms with Crippen molar-refractivity contribution >= 4 is 45.5 Å². The van der Waals surface area contributed by atoms with E-state index in [1.807, 2.05) is 63.7 Å². The summed E-state index contributed by atoms with van der Waals surface area (Å²) in [7, 11) is 0. The second-order valence-corrected chi connectivity index (χ2v) is 4.51. The first-order valence-electron chi connectivity index (χ1n) is 3.82. The molecule has 0 fully saturated rings. The van der Waals surface area contributed by atoms with Crippen molar-refractivity contribution in [2.75, 3.05) is 0 Å². The van der Waals surface area contributed by atoms with Crippen molar-refractivity contribution < 1.29 is 5.11 Å². The number of hydrogen-bond donors (Lipinski definition) is 2. The van der Waals surface area contributed by atoms with Crippen LogP contribution in [0.2, 0.25) is 0 Å². The van der Waals surface area contributed by atoms with Crippen molar-refractivity contribution in [3.63, 3.8) is 0 Å². The molecule has 0 amide bonds. The zero-order chi connectivity index (χ0) is 9.68. The molecule has 0 aliphatic carbocycles. The number of nitrogens with one attached hydrogen (secondary N) is 1. The monoisotopic (exact) mass is 404 g/mol. The van der Waals surface area contributed by atoms with Crippen LogP contribution < -0.4 is 3.53 Å². The SMILES string of the molecule is OC(I)[C@H](Cc1ccccn1)NI. The molecule has 0 aromatic carbocycles. The second-order valence-electron chi connectivity index (χ2n) is 2.61. The van der Waals surface area contributed by atoms with E-state index >= 15 is 0 Å². The maximum absolute atomic E-state index is 9.37. The normalized spacial score (nSPS) is 15.3. The predicted molar refractivity (Wildman–Crippen MR) is 68.9 cm³/mol. The van der Waals surface area contributed by atoms with Crippen LogP contribution in [0.5, 0.6) is 0 Å². The maximum Gasteiger partial charge on any atom is 0.121 e. The van der Waals surface area contributed by atoms with Crippen LogP contribution in [-0.2, 0) is 6.42 Å². The first kappa shape index (κ1) is 11.6. The van der Waals surface area contributed by atoms with Crippen molar-refractivity contribution in [2.24, 2.45) is 0 Å². The highest BCUT2D eigenvalue weighted by atomic mass is 127. The number of alkyl halides is 1. The molecular formula is C8H10I2N2O. The molecule has 0 saturated heterocycles. The van der Waals surface area contributed by atoms with Crippen molar-refractivity contribution in [1.82, 2.24) is 8.51 Å². The fourth-order valence-electron chi connectivity index (χ4n) is 0.932. The van der Waals surface area contributed by atoms with E-state index in [-0.39, 0.29) is 6.04 Å². The van der Waals surface area contributed by atoms with Gasteiger partial charge in [-0.1, -0.05) is 6.07 Å². The highest BCUT2D eigenvalue weighted by Gasteiger charge is 2.15. The van der Waals surface area contributed by atoms with Gasteiger partial charge in [-0.3, -0.25) is 8.51 Å². The largest absolute Gasteiger partial charge is 0.381 e. The van der Waals surface area contributed by atoms with E-state index in [1.54, 1.807) is 6.20 Å². The van der Waals surface area contributed by atoms with Crippen LogP contribution in [-0.4, -0.2) is 20.2 Å². The Bertz CT molecular complexity index is 243. The minimum atomic E-state index is -0.392. The Hall–Kier alpha value is 0.530. The minimum absolute atomic E-state index is 0.0519. The summed E-state index contributed by atoms with van der Waals surface area (Å²) in [5, 5.41) is 9.37. The molecule has 0 spiro atoms. The van der Waals surface area contributed by atoms with Crippen molar-refractivity contribution in [2.45, 2.75) is 16.6 Å². The van der Waals surface area contributed by atoms with Gasteiger partial charge < -0.3 is 5.11 Å². The van der Waals surface area contributed by atoms with Gasteiger partial charge in [0.2, 0.25) is 0 Å². The third kappa shape index (κ3) is 4.05. The molecule has 0 saturated carbocycles. The molecule has 5 heteroatoms. The lowest BCUT2D eigenvalue weighted by molar-refractivity contribution is 0.241. The lowest BCUT2D eigenvalue weighted by Crippen LogP contribution is -2.32. The molecule has 0 aliphatic rings. The molecular weight excluding hydrogens is 394 g/mol. The molecule has 0 radical (unpaired) electrons. The zero-order valence-corrected chi connectivity index (χ0v) is 11.1. The molecule has 2 N–H and O–H groups in total. The number of aliphatic hydroxyl groups is 1. The quantitative estimate of drug-likeness (QED) is 0.457. The molecule has 1 aromatic rings. The Kier molecular flexibility index (Phi) is 5.44. The molecule has 72 valence electrons. The molecule has 2 atom stereocenters. The van der Waals surface area contributed by atoms with Crippen LogP contribution in [0.3, 0.4) is 0 Å². The zero-order valence-electron chi connectivity index (χ0n) is 6.82. The van der Waals surface area contributed by atoms with Gasteiger partial charge in [0, 0.05) is 41.2 Å². The summed E-state index contributed by atoms with van der Waals surface area (Å²) in [6, 6.07) is 5.85. The summed E-state index contributed by atoms with van der Waals surface area (Å²) in [6.07, 6.45) is 2.51. The second kappa shape index (κ2) is 6.10. The van der Waals surface area contributed by atoms with Gasteiger partial charge >= 0.3 is 0 Å². The third-order valence-corrected chi connectivity index (χ3v) is 3.30. The number of pyridine rings is 1. The fourth-order valence-corrected chi connectivity index (χ4v) is 2.61. The van der Waals surface area contributed by atoms with E-state index in [0.717, 1.165) is 12.1 Å². The van der Waals surface area contributed by atoms with E-state index in [2.05, 4.69) is 8.51 Å². The van der Waals surface area contributed by atoms with Crippen LogP contribution in [0, 0.1) is 0 Å². The van der Waals surface area contributed by atoms with Gasteiger partial charge in [0.25, 0.3) is 0 Å². The Morgan fingerprint density at radius 2 is 2.31 bits per heavy atom. The predicted octanol–water partition coefficient (Wildman–Crippen LogP) is 1.69. The standard InChI is InChI=1S/C8H10I2N2O/c9-8(13)7(12-10)5-6-3-1-2-4-11-6/h1-4,7-8,12-13H,5H2/t7-,8?/m0/s1. The molecule has 1 heterocycles. The average molecular weight is 404 g/mol. The molecule has 1 unspecified atom stereocenters. The van der Waals surface area contributed by atoms with Crippen LogP contribution in [0.25, 0.3) is 0 Å². The van der Waals surface area contributed by atoms with Gasteiger partial charge in [-0.05, 0) is 34.7 Å². The third-order valence-electron chi connectivity index (χ3n) is 1.63. The average Bonchev–Trinajstić information content (AvgIpc) is 2.15. The summed E-state index contributed by atoms with van der Waals surface area (Å²) < 4.78 is 2.63. The van der Waals surface area contributed by atoms with E-state index in [4.69, 9.17) is 0 Å². The molecule has 0 aliphatic heterocycles. The molecule has 1 rings (SSSR count). The van der Waals surface area contributed by atoms with Crippen LogP contribution >= 0.6 is 45.5 Å². The van der Waals surface area contributed by atoms with Gasteiger partial charge in [0.1, 0.15) is 4.11 Å². The first-order chi connectivity index (χ1) is 6.24. The van der Waals surface area contributed by atoms with E-state index in [1.165, 1.54) is 0 Å². The summed E-state index contributed by atoms with van der Waals surface area (Å²) in [4.78, 5) is 4.19. The van der Waals surface area contributed by atoms with Gasteiger partial charge in [0.05, 0.1) is 6.04 Å². The van der Waals surface area contributed by atoms with Gasteiger partial charge in [-0.15, -0.1) is 0 Å². The molecule has 3 nitrogen and oxygen atoms in total. The number of halogens is 2. The molecule has 0 bridgehead atoms. The Morgan fingerprint density at radius 1 is 1.54 bits per heavy atom. The summed E-state index contributed by atoms with van der Waals surface area (Å²) in [5.41, 5.74) is 0.993. The van der Waals surface area contributed by atoms with E-state index in [9.17, 15) is 5.11 Å². The number of aromatic nitrogens is 1. The lowest BCUT2D eigenvalue weighted by Gasteiger charge is -2.15. The van der Waals surface area contributed by atoms with Crippen molar-refractivity contribution in [1.29, 1.82) is 0 Å². The van der Waals surface area contributed by atoms with Crippen LogP contribution in [0.4, 0.5) is 0 Å².